The number of hydrogen-bond donors (Lipinski definition) is 0. The molecule has 0 aliphatic rings. The average Bonchev–Trinajstić information content (AvgIpc) is 2.90. The Morgan fingerprint density at radius 3 is 2.43 bits per heavy atom. The Labute approximate surface area is 122 Å². The van der Waals surface area contributed by atoms with Crippen LogP contribution in [0.5, 0.6) is 11.5 Å². The van der Waals surface area contributed by atoms with E-state index >= 15 is 0 Å². The highest BCUT2D eigenvalue weighted by atomic mass is 16.5. The molecule has 1 aromatic heterocycles. The Balaban J connectivity index is 1.67. The molecule has 1 heterocycles. The molecule has 0 aliphatic carbocycles. The maximum Gasteiger partial charge on any atom is 0.246 e. The lowest BCUT2D eigenvalue weighted by Crippen LogP contribution is -2.09. The monoisotopic (exact) mass is 279 g/mol. The van der Waals surface area contributed by atoms with Crippen molar-refractivity contribution in [2.75, 3.05) is 13.2 Å². The third kappa shape index (κ3) is 2.82. The second-order valence-electron chi connectivity index (χ2n) is 4.38. The smallest absolute Gasteiger partial charge is 0.246 e. The SMILES string of the molecule is N#Cc1oc2ccccc2c1OCCOc1ccccc1. The highest BCUT2D eigenvalue weighted by molar-refractivity contribution is 5.86. The Hall–Kier alpha value is -2.93. The van der Waals surface area contributed by atoms with Gasteiger partial charge in [-0.15, -0.1) is 0 Å². The number of nitriles is 1. The van der Waals surface area contributed by atoms with Crippen LogP contribution in [0.4, 0.5) is 0 Å². The molecule has 0 bridgehead atoms. The van der Waals surface area contributed by atoms with Gasteiger partial charge in [0.05, 0.1) is 5.39 Å². The summed E-state index contributed by atoms with van der Waals surface area (Å²) in [4.78, 5) is 0. The molecule has 3 aromatic rings. The van der Waals surface area contributed by atoms with Crippen LogP contribution < -0.4 is 9.47 Å². The van der Waals surface area contributed by atoms with Gasteiger partial charge in [0.25, 0.3) is 0 Å². The van der Waals surface area contributed by atoms with Crippen molar-refractivity contribution in [2.24, 2.45) is 0 Å². The normalized spacial score (nSPS) is 10.2. The van der Waals surface area contributed by atoms with Crippen LogP contribution in [0, 0.1) is 11.3 Å². The predicted molar refractivity (Wildman–Crippen MR) is 78.4 cm³/mol. The minimum Gasteiger partial charge on any atom is -0.490 e. The second-order valence-corrected chi connectivity index (χ2v) is 4.38. The van der Waals surface area contributed by atoms with Crippen molar-refractivity contribution in [1.29, 1.82) is 5.26 Å². The minimum atomic E-state index is 0.191. The summed E-state index contributed by atoms with van der Waals surface area (Å²) in [7, 11) is 0. The van der Waals surface area contributed by atoms with Gasteiger partial charge in [-0.05, 0) is 24.3 Å². The van der Waals surface area contributed by atoms with E-state index in [1.807, 2.05) is 60.7 Å². The number of nitrogens with zero attached hydrogens (tertiary/aromatic N) is 1. The number of para-hydroxylation sites is 2. The van der Waals surface area contributed by atoms with Gasteiger partial charge >= 0.3 is 0 Å². The topological polar surface area (TPSA) is 55.4 Å². The van der Waals surface area contributed by atoms with Gasteiger partial charge in [-0.2, -0.15) is 5.26 Å². The highest BCUT2D eigenvalue weighted by Crippen LogP contribution is 2.32. The van der Waals surface area contributed by atoms with Gasteiger partial charge in [0.15, 0.2) is 5.75 Å². The van der Waals surface area contributed by atoms with E-state index in [9.17, 15) is 0 Å². The van der Waals surface area contributed by atoms with Crippen LogP contribution >= 0.6 is 0 Å². The minimum absolute atomic E-state index is 0.191. The summed E-state index contributed by atoms with van der Waals surface area (Å²) >= 11 is 0. The Morgan fingerprint density at radius 1 is 0.905 bits per heavy atom. The Morgan fingerprint density at radius 2 is 1.62 bits per heavy atom. The first-order valence-electron chi connectivity index (χ1n) is 6.61. The van der Waals surface area contributed by atoms with Crippen molar-refractivity contribution >= 4 is 11.0 Å². The van der Waals surface area contributed by atoms with E-state index in [4.69, 9.17) is 19.2 Å². The summed E-state index contributed by atoms with van der Waals surface area (Å²) in [6, 6.07) is 18.9. The van der Waals surface area contributed by atoms with Crippen molar-refractivity contribution in [1.82, 2.24) is 0 Å². The molecule has 0 saturated carbocycles. The molecule has 0 spiro atoms. The predicted octanol–water partition coefficient (Wildman–Crippen LogP) is 3.76. The van der Waals surface area contributed by atoms with Crippen molar-refractivity contribution in [2.45, 2.75) is 0 Å². The van der Waals surface area contributed by atoms with E-state index in [0.717, 1.165) is 11.1 Å². The van der Waals surface area contributed by atoms with Crippen molar-refractivity contribution in [3.05, 3.63) is 60.4 Å². The van der Waals surface area contributed by atoms with Crippen LogP contribution in [0.3, 0.4) is 0 Å². The van der Waals surface area contributed by atoms with Gasteiger partial charge in [-0.25, -0.2) is 0 Å². The van der Waals surface area contributed by atoms with Crippen molar-refractivity contribution in [3.8, 4) is 17.6 Å². The lowest BCUT2D eigenvalue weighted by Gasteiger charge is -2.07. The van der Waals surface area contributed by atoms with E-state index in [0.29, 0.717) is 24.5 Å². The molecular weight excluding hydrogens is 266 g/mol. The first-order chi connectivity index (χ1) is 10.4. The molecule has 4 heteroatoms. The summed E-state index contributed by atoms with van der Waals surface area (Å²) in [6.07, 6.45) is 0. The molecule has 0 atom stereocenters. The van der Waals surface area contributed by atoms with Gasteiger partial charge in [-0.1, -0.05) is 30.3 Å². The van der Waals surface area contributed by atoms with E-state index in [1.54, 1.807) is 0 Å². The third-order valence-corrected chi connectivity index (χ3v) is 2.99. The first-order valence-corrected chi connectivity index (χ1v) is 6.61. The standard InChI is InChI=1S/C17H13NO3/c18-12-16-17(14-8-4-5-9-15(14)21-16)20-11-10-19-13-6-2-1-3-7-13/h1-9H,10-11H2. The average molecular weight is 279 g/mol. The molecule has 0 amide bonds. The van der Waals surface area contributed by atoms with E-state index in [-0.39, 0.29) is 5.76 Å². The van der Waals surface area contributed by atoms with Crippen LogP contribution in [0.15, 0.2) is 59.0 Å². The molecule has 0 N–H and O–H groups in total. The van der Waals surface area contributed by atoms with Gasteiger partial charge in [0, 0.05) is 0 Å². The maximum atomic E-state index is 9.10. The van der Waals surface area contributed by atoms with Gasteiger partial charge < -0.3 is 13.9 Å². The molecule has 104 valence electrons. The van der Waals surface area contributed by atoms with Gasteiger partial charge in [0.2, 0.25) is 5.76 Å². The molecular formula is C17H13NO3. The zero-order chi connectivity index (χ0) is 14.5. The van der Waals surface area contributed by atoms with Crippen LogP contribution in [0.1, 0.15) is 5.76 Å². The fourth-order valence-corrected chi connectivity index (χ4v) is 2.06. The molecule has 0 saturated heterocycles. The van der Waals surface area contributed by atoms with Crippen molar-refractivity contribution < 1.29 is 13.9 Å². The van der Waals surface area contributed by atoms with Crippen LogP contribution in [0.25, 0.3) is 11.0 Å². The molecule has 0 aliphatic heterocycles. The molecule has 21 heavy (non-hydrogen) atoms. The fraction of sp³-hybridized carbons (Fsp3) is 0.118. The number of ether oxygens (including phenoxy) is 2. The Bertz CT molecular complexity index is 772. The van der Waals surface area contributed by atoms with E-state index in [2.05, 4.69) is 0 Å². The van der Waals surface area contributed by atoms with E-state index in [1.165, 1.54) is 0 Å². The molecule has 0 radical (unpaired) electrons. The van der Waals surface area contributed by atoms with Gasteiger partial charge in [-0.3, -0.25) is 0 Å². The fourth-order valence-electron chi connectivity index (χ4n) is 2.06. The number of hydrogen-bond acceptors (Lipinski definition) is 4. The summed E-state index contributed by atoms with van der Waals surface area (Å²) in [6.45, 7) is 0.738. The molecule has 3 rings (SSSR count). The van der Waals surface area contributed by atoms with Crippen LogP contribution in [-0.4, -0.2) is 13.2 Å². The third-order valence-electron chi connectivity index (χ3n) is 2.99. The molecule has 4 nitrogen and oxygen atoms in total. The zero-order valence-electron chi connectivity index (χ0n) is 11.3. The Kier molecular flexibility index (Phi) is 3.74. The quantitative estimate of drug-likeness (QED) is 0.667. The molecule has 0 unspecified atom stereocenters. The number of furan rings is 1. The first kappa shape index (κ1) is 13.1. The van der Waals surface area contributed by atoms with Gasteiger partial charge in [0.1, 0.15) is 30.6 Å². The largest absolute Gasteiger partial charge is 0.490 e. The molecule has 2 aromatic carbocycles. The lowest BCUT2D eigenvalue weighted by atomic mass is 10.2. The van der Waals surface area contributed by atoms with Crippen molar-refractivity contribution in [3.63, 3.8) is 0 Å². The van der Waals surface area contributed by atoms with Crippen LogP contribution in [-0.2, 0) is 0 Å². The highest BCUT2D eigenvalue weighted by Gasteiger charge is 2.14. The number of benzene rings is 2. The zero-order valence-corrected chi connectivity index (χ0v) is 11.3. The summed E-state index contributed by atoms with van der Waals surface area (Å²) in [5, 5.41) is 9.90. The van der Waals surface area contributed by atoms with Crippen LogP contribution in [0.2, 0.25) is 0 Å². The van der Waals surface area contributed by atoms with E-state index < -0.39 is 0 Å². The number of rotatable bonds is 5. The summed E-state index contributed by atoms with van der Waals surface area (Å²) in [5.74, 6) is 1.46. The second kappa shape index (κ2) is 6.02. The number of fused-ring (bicyclic) bond motifs is 1. The summed E-state index contributed by atoms with van der Waals surface area (Å²) < 4.78 is 16.6. The summed E-state index contributed by atoms with van der Waals surface area (Å²) in [5.41, 5.74) is 0.646. The lowest BCUT2D eigenvalue weighted by molar-refractivity contribution is 0.217. The molecule has 0 fully saturated rings. The maximum absolute atomic E-state index is 9.10.